The van der Waals surface area contributed by atoms with E-state index < -0.39 is 93.0 Å². The Balaban J connectivity index is 1.78. The highest BCUT2D eigenvalue weighted by atomic mass is 79.9. The highest BCUT2D eigenvalue weighted by Gasteiger charge is 2.39. The van der Waals surface area contributed by atoms with E-state index in [0.29, 0.717) is 0 Å². The van der Waals surface area contributed by atoms with Gasteiger partial charge in [0.25, 0.3) is 23.6 Å². The van der Waals surface area contributed by atoms with Crippen molar-refractivity contribution in [3.8, 4) is 0 Å². The maximum Gasteiger partial charge on any atom is 0.345 e. The first kappa shape index (κ1) is 42.9. The van der Waals surface area contributed by atoms with Crippen LogP contribution in [0.4, 0.5) is 17.1 Å². The Bertz CT molecular complexity index is 1880. The number of hydrogen-bond acceptors (Lipinski definition) is 15. The van der Waals surface area contributed by atoms with Crippen molar-refractivity contribution in [3.05, 3.63) is 84.2 Å². The molecule has 18 nitrogen and oxygen atoms in total. The van der Waals surface area contributed by atoms with E-state index in [1.807, 2.05) is 0 Å². The lowest BCUT2D eigenvalue weighted by molar-refractivity contribution is -0.138. The number of halogens is 3. The third-order valence-corrected chi connectivity index (χ3v) is 10.4. The number of carbonyl (C=O) groups excluding carboxylic acids is 5. The van der Waals surface area contributed by atoms with Crippen molar-refractivity contribution >= 4 is 94.5 Å². The third-order valence-electron chi connectivity index (χ3n) is 8.06. The van der Waals surface area contributed by atoms with E-state index >= 15 is 0 Å². The maximum atomic E-state index is 14.3. The van der Waals surface area contributed by atoms with Gasteiger partial charge in [0.15, 0.2) is 0 Å². The maximum absolute atomic E-state index is 14.3. The summed E-state index contributed by atoms with van der Waals surface area (Å²) >= 11 is 9.86. The summed E-state index contributed by atoms with van der Waals surface area (Å²) < 4.78 is 0.0234. The van der Waals surface area contributed by atoms with E-state index in [0.717, 1.165) is 9.80 Å². The van der Waals surface area contributed by atoms with Crippen molar-refractivity contribution in [2.45, 2.75) is 30.5 Å². The molecular weight excluding hydrogens is 914 g/mol. The molecule has 0 saturated heterocycles. The van der Waals surface area contributed by atoms with E-state index in [4.69, 9.17) is 10.6 Å². The molecule has 0 fully saturated rings. The van der Waals surface area contributed by atoms with Gasteiger partial charge >= 0.3 is 5.97 Å². The summed E-state index contributed by atoms with van der Waals surface area (Å²) in [6.45, 7) is -3.37. The zero-order valence-electron chi connectivity index (χ0n) is 27.7. The SMILES string of the molecule is NCC(=O)ONc1ccccc1C(=O)N(CC(O)CO)c1ccc(C(=O)N(CC(O)C(O)C(O)C(O)CO)c2c(Br)c3c(Br)c(c2Br)C(=O)NC3=O)cc1. The van der Waals surface area contributed by atoms with Gasteiger partial charge in [-0.05, 0) is 84.2 Å². The predicted molar refractivity (Wildman–Crippen MR) is 201 cm³/mol. The van der Waals surface area contributed by atoms with Crippen LogP contribution >= 0.6 is 47.8 Å². The fraction of sp³-hybridized carbons (Fsp3) is 0.303. The minimum absolute atomic E-state index is 0.0172. The molecule has 11 N–H and O–H groups in total. The van der Waals surface area contributed by atoms with Gasteiger partial charge in [0.1, 0.15) is 24.4 Å². The van der Waals surface area contributed by atoms with Gasteiger partial charge in [0.2, 0.25) is 0 Å². The summed E-state index contributed by atoms with van der Waals surface area (Å²) in [4.78, 5) is 72.4. The molecule has 290 valence electrons. The minimum Gasteiger partial charge on any atom is -0.394 e. The number of aliphatic hydroxyl groups is 7. The summed E-state index contributed by atoms with van der Waals surface area (Å²) in [5.41, 5.74) is 7.37. The number of amides is 4. The molecule has 5 unspecified atom stereocenters. The van der Waals surface area contributed by atoms with Crippen LogP contribution in [-0.2, 0) is 9.63 Å². The zero-order valence-corrected chi connectivity index (χ0v) is 32.5. The third kappa shape index (κ3) is 9.14. The molecule has 0 aliphatic carbocycles. The highest BCUT2D eigenvalue weighted by molar-refractivity contribution is 9.11. The van der Waals surface area contributed by atoms with E-state index in [1.54, 1.807) is 6.07 Å². The van der Waals surface area contributed by atoms with Crippen molar-refractivity contribution in [1.82, 2.24) is 5.32 Å². The summed E-state index contributed by atoms with van der Waals surface area (Å²) in [6.07, 6.45) is -9.43. The number of imide groups is 1. The van der Waals surface area contributed by atoms with Gasteiger partial charge in [0, 0.05) is 15.7 Å². The number of nitrogens with two attached hydrogens (primary N) is 1. The Morgan fingerprint density at radius 3 is 1.89 bits per heavy atom. The van der Waals surface area contributed by atoms with Crippen LogP contribution in [0, 0.1) is 0 Å². The molecular formula is C33H34Br3N5O13. The molecule has 54 heavy (non-hydrogen) atoms. The second kappa shape index (κ2) is 18.6. The normalized spacial score (nSPS) is 15.0. The molecule has 3 aromatic carbocycles. The Morgan fingerprint density at radius 2 is 1.33 bits per heavy atom. The topological polar surface area (TPSA) is 293 Å². The summed E-state index contributed by atoms with van der Waals surface area (Å²) in [5.74, 6) is -4.10. The van der Waals surface area contributed by atoms with Crippen molar-refractivity contribution in [2.75, 3.05) is 48.1 Å². The molecule has 0 radical (unpaired) electrons. The van der Waals surface area contributed by atoms with Crippen molar-refractivity contribution in [2.24, 2.45) is 5.73 Å². The van der Waals surface area contributed by atoms with Gasteiger partial charge in [0.05, 0.1) is 76.0 Å². The van der Waals surface area contributed by atoms with Crippen molar-refractivity contribution < 1.29 is 64.6 Å². The predicted octanol–water partition coefficient (Wildman–Crippen LogP) is -0.231. The number of aliphatic hydroxyl groups excluding tert-OH is 7. The highest BCUT2D eigenvalue weighted by Crippen LogP contribution is 2.46. The number of carbonyl (C=O) groups is 5. The second-order valence-corrected chi connectivity index (χ2v) is 14.0. The molecule has 0 saturated carbocycles. The molecule has 5 atom stereocenters. The summed E-state index contributed by atoms with van der Waals surface area (Å²) in [5, 5.41) is 73.1. The van der Waals surface area contributed by atoms with Gasteiger partial charge in [-0.2, -0.15) is 0 Å². The van der Waals surface area contributed by atoms with Gasteiger partial charge in [-0.25, -0.2) is 10.3 Å². The van der Waals surface area contributed by atoms with Crippen LogP contribution in [0.5, 0.6) is 0 Å². The molecule has 0 aromatic heterocycles. The lowest BCUT2D eigenvalue weighted by Gasteiger charge is -2.33. The second-order valence-electron chi connectivity index (χ2n) is 11.7. The van der Waals surface area contributed by atoms with Crippen LogP contribution in [0.2, 0.25) is 0 Å². The van der Waals surface area contributed by atoms with Gasteiger partial charge in [-0.15, -0.1) is 0 Å². The first-order chi connectivity index (χ1) is 25.6. The van der Waals surface area contributed by atoms with Crippen LogP contribution in [-0.4, -0.2) is 129 Å². The van der Waals surface area contributed by atoms with E-state index in [-0.39, 0.29) is 52.7 Å². The van der Waals surface area contributed by atoms with Gasteiger partial charge in [-0.1, -0.05) is 12.1 Å². The molecule has 1 aliphatic heterocycles. The standard InChI is InChI=1S/C33H34Br3N5O13/c34-24-22-25(35)27(26(36)23(24)31(51)38-30(22)50)41(11-19(45)28(48)29(49)20(46)13-43)32(52)14-5-7-15(8-6-14)40(10-16(44)12-42)33(53)17-3-1-2-4-18(17)39-54-21(47)9-37/h1-8,16,19-20,28-29,39,42-46,48-49H,9-13,37H2,(H,38,50,51). The molecule has 3 aromatic rings. The molecule has 0 spiro atoms. The van der Waals surface area contributed by atoms with Gasteiger partial charge in [-0.3, -0.25) is 24.5 Å². The molecule has 1 heterocycles. The molecule has 2 bridgehead atoms. The first-order valence-electron chi connectivity index (χ1n) is 15.7. The first-order valence-corrected chi connectivity index (χ1v) is 18.1. The Labute approximate surface area is 331 Å². The number of rotatable bonds is 16. The summed E-state index contributed by atoms with van der Waals surface area (Å²) in [7, 11) is 0. The molecule has 21 heteroatoms. The number of hydrogen-bond donors (Lipinski definition) is 10. The van der Waals surface area contributed by atoms with E-state index in [1.165, 1.54) is 42.5 Å². The van der Waals surface area contributed by atoms with Crippen LogP contribution in [0.25, 0.3) is 0 Å². The van der Waals surface area contributed by atoms with Crippen molar-refractivity contribution in [3.63, 3.8) is 0 Å². The minimum atomic E-state index is -2.11. The smallest absolute Gasteiger partial charge is 0.345 e. The van der Waals surface area contributed by atoms with Crippen LogP contribution in [0.3, 0.4) is 0 Å². The summed E-state index contributed by atoms with van der Waals surface area (Å²) in [6, 6.07) is 11.1. The number of nitrogens with one attached hydrogen (secondary N) is 2. The lowest BCUT2D eigenvalue weighted by atomic mass is 10.00. The Kier molecular flexibility index (Phi) is 14.8. The average molecular weight is 948 g/mol. The van der Waals surface area contributed by atoms with Gasteiger partial charge < -0.3 is 56.1 Å². The number of para-hydroxylation sites is 1. The van der Waals surface area contributed by atoms with Crippen LogP contribution in [0.1, 0.15) is 41.4 Å². The largest absolute Gasteiger partial charge is 0.394 e. The monoisotopic (exact) mass is 945 g/mol. The zero-order chi connectivity index (χ0) is 40.0. The average Bonchev–Trinajstić information content (AvgIpc) is 3.16. The Morgan fingerprint density at radius 1 is 0.759 bits per heavy atom. The molecule has 4 amide bonds. The molecule has 1 aliphatic rings. The Hall–Kier alpha value is -3.87. The van der Waals surface area contributed by atoms with Crippen LogP contribution in [0.15, 0.2) is 61.9 Å². The number of nitrogens with zero attached hydrogens (tertiary/aromatic N) is 2. The number of fused-ring (bicyclic) bond motifs is 2. The van der Waals surface area contributed by atoms with E-state index in [2.05, 4.69) is 58.6 Å². The lowest BCUT2D eigenvalue weighted by Crippen LogP contribution is -2.51. The molecule has 4 rings (SSSR count). The van der Waals surface area contributed by atoms with Crippen molar-refractivity contribution in [1.29, 1.82) is 0 Å². The fourth-order valence-corrected chi connectivity index (χ4v) is 8.36. The number of benzene rings is 3. The van der Waals surface area contributed by atoms with E-state index in [9.17, 15) is 59.7 Å². The fourth-order valence-electron chi connectivity index (χ4n) is 5.22. The van der Waals surface area contributed by atoms with Crippen LogP contribution < -0.4 is 26.3 Å². The quantitative estimate of drug-likeness (QED) is 0.0656. The number of anilines is 3.